The molecule has 2 heteroatoms. The van der Waals surface area contributed by atoms with E-state index in [4.69, 9.17) is 4.98 Å². The molecule has 0 N–H and O–H groups in total. The third-order valence-corrected chi connectivity index (χ3v) is 5.59. The minimum atomic E-state index is 1.00. The molecule has 0 aliphatic rings. The Hall–Kier alpha value is -1.93. The van der Waals surface area contributed by atoms with E-state index in [0.29, 0.717) is 0 Å². The Morgan fingerprint density at radius 1 is 0.840 bits per heavy atom. The maximum atomic E-state index is 4.79. The first-order valence-electron chi connectivity index (χ1n) is 9.36. The molecule has 3 aromatic rings. The smallest absolute Gasteiger partial charge is 0.0900 e. The highest BCUT2D eigenvalue weighted by Crippen LogP contribution is 2.25. The van der Waals surface area contributed by atoms with Crippen molar-refractivity contribution < 1.29 is 0 Å². The van der Waals surface area contributed by atoms with Gasteiger partial charge in [0.25, 0.3) is 0 Å². The van der Waals surface area contributed by atoms with E-state index in [2.05, 4.69) is 68.4 Å². The quantitative estimate of drug-likeness (QED) is 0.406. The molecule has 0 unspecified atom stereocenters. The lowest BCUT2D eigenvalue weighted by Crippen LogP contribution is -1.94. The van der Waals surface area contributed by atoms with Crippen LogP contribution in [0.25, 0.3) is 11.1 Å². The summed E-state index contributed by atoms with van der Waals surface area (Å²) in [7, 11) is 0. The molecule has 0 amide bonds. The lowest BCUT2D eigenvalue weighted by Gasteiger charge is -2.05. The SMILES string of the molecule is CCCCCCc1nc(C)sc1Cc1ccc(-c2ccccc2)cc1. The summed E-state index contributed by atoms with van der Waals surface area (Å²) in [5.74, 6) is 0. The molecule has 25 heavy (non-hydrogen) atoms. The zero-order valence-electron chi connectivity index (χ0n) is 15.3. The van der Waals surface area contributed by atoms with Gasteiger partial charge in [-0.05, 0) is 36.5 Å². The van der Waals surface area contributed by atoms with Gasteiger partial charge < -0.3 is 0 Å². The molecule has 0 aliphatic carbocycles. The fourth-order valence-electron chi connectivity index (χ4n) is 3.20. The number of aryl methyl sites for hydroxylation is 2. The minimum Gasteiger partial charge on any atom is -0.246 e. The summed E-state index contributed by atoms with van der Waals surface area (Å²) in [6.07, 6.45) is 7.33. The van der Waals surface area contributed by atoms with E-state index in [1.54, 1.807) is 0 Å². The fraction of sp³-hybridized carbons (Fsp3) is 0.348. The Morgan fingerprint density at radius 2 is 1.56 bits per heavy atom. The number of aromatic nitrogens is 1. The topological polar surface area (TPSA) is 12.9 Å². The summed E-state index contributed by atoms with van der Waals surface area (Å²) in [4.78, 5) is 6.23. The molecule has 0 saturated heterocycles. The summed E-state index contributed by atoms with van der Waals surface area (Å²) in [5, 5.41) is 1.20. The molecule has 1 aromatic heterocycles. The predicted octanol–water partition coefficient (Wildman–Crippen LogP) is 6.83. The van der Waals surface area contributed by atoms with Gasteiger partial charge in [0.2, 0.25) is 0 Å². The van der Waals surface area contributed by atoms with Crippen LogP contribution in [0.2, 0.25) is 0 Å². The molecule has 1 heterocycles. The maximum Gasteiger partial charge on any atom is 0.0900 e. The van der Waals surface area contributed by atoms with Crippen LogP contribution in [0.5, 0.6) is 0 Å². The van der Waals surface area contributed by atoms with Gasteiger partial charge in [0.1, 0.15) is 0 Å². The summed E-state index contributed by atoms with van der Waals surface area (Å²) in [6, 6.07) is 19.6. The van der Waals surface area contributed by atoms with Crippen LogP contribution < -0.4 is 0 Å². The van der Waals surface area contributed by atoms with Crippen LogP contribution in [0.15, 0.2) is 54.6 Å². The van der Waals surface area contributed by atoms with Crippen molar-refractivity contribution in [2.45, 2.75) is 52.4 Å². The van der Waals surface area contributed by atoms with Gasteiger partial charge in [0.05, 0.1) is 10.7 Å². The summed E-state index contributed by atoms with van der Waals surface area (Å²) >= 11 is 1.86. The van der Waals surface area contributed by atoms with E-state index in [9.17, 15) is 0 Å². The van der Waals surface area contributed by atoms with Crippen molar-refractivity contribution in [1.82, 2.24) is 4.98 Å². The second kappa shape index (κ2) is 8.96. The molecule has 130 valence electrons. The average molecular weight is 350 g/mol. The molecule has 0 aliphatic heterocycles. The molecule has 1 nitrogen and oxygen atoms in total. The van der Waals surface area contributed by atoms with Gasteiger partial charge in [0, 0.05) is 11.3 Å². The first-order chi connectivity index (χ1) is 12.3. The molecule has 0 radical (unpaired) electrons. The monoisotopic (exact) mass is 349 g/mol. The van der Waals surface area contributed by atoms with E-state index in [0.717, 1.165) is 12.8 Å². The number of hydrogen-bond acceptors (Lipinski definition) is 2. The van der Waals surface area contributed by atoms with Crippen molar-refractivity contribution >= 4 is 11.3 Å². The van der Waals surface area contributed by atoms with Crippen molar-refractivity contribution in [2.24, 2.45) is 0 Å². The molecule has 0 fully saturated rings. The molecule has 0 bridgehead atoms. The fourth-order valence-corrected chi connectivity index (χ4v) is 4.21. The Balaban J connectivity index is 1.68. The highest BCUT2D eigenvalue weighted by Gasteiger charge is 2.10. The molecule has 0 saturated carbocycles. The zero-order chi connectivity index (χ0) is 17.5. The van der Waals surface area contributed by atoms with Crippen LogP contribution in [-0.2, 0) is 12.8 Å². The Bertz CT molecular complexity index is 772. The van der Waals surface area contributed by atoms with Crippen molar-refractivity contribution in [2.75, 3.05) is 0 Å². The first-order valence-corrected chi connectivity index (χ1v) is 10.2. The number of benzene rings is 2. The second-order valence-corrected chi connectivity index (χ2v) is 7.94. The van der Waals surface area contributed by atoms with Crippen molar-refractivity contribution in [3.05, 3.63) is 75.7 Å². The minimum absolute atomic E-state index is 1.00. The van der Waals surface area contributed by atoms with Crippen LogP contribution in [0, 0.1) is 6.92 Å². The molecule has 0 spiro atoms. The molecular formula is C23H27NS. The van der Waals surface area contributed by atoms with Crippen molar-refractivity contribution in [3.63, 3.8) is 0 Å². The van der Waals surface area contributed by atoms with E-state index in [1.165, 1.54) is 58.0 Å². The standard InChI is InChI=1S/C23H27NS/c1-3-4-5-9-12-22-23(25-18(2)24-22)17-19-13-15-21(16-14-19)20-10-7-6-8-11-20/h6-8,10-11,13-16H,3-5,9,12,17H2,1-2H3. The van der Waals surface area contributed by atoms with Gasteiger partial charge in [-0.15, -0.1) is 11.3 Å². The lowest BCUT2D eigenvalue weighted by atomic mass is 10.0. The van der Waals surface area contributed by atoms with Crippen molar-refractivity contribution in [1.29, 1.82) is 0 Å². The first kappa shape index (κ1) is 17.9. The summed E-state index contributed by atoms with van der Waals surface area (Å²) in [6.45, 7) is 4.39. The number of thiazole rings is 1. The van der Waals surface area contributed by atoms with Gasteiger partial charge >= 0.3 is 0 Å². The third kappa shape index (κ3) is 5.02. The number of nitrogens with zero attached hydrogens (tertiary/aromatic N) is 1. The van der Waals surface area contributed by atoms with Gasteiger partial charge in [-0.2, -0.15) is 0 Å². The van der Waals surface area contributed by atoms with E-state index in [-0.39, 0.29) is 0 Å². The van der Waals surface area contributed by atoms with Crippen LogP contribution in [0.3, 0.4) is 0 Å². The predicted molar refractivity (Wildman–Crippen MR) is 109 cm³/mol. The van der Waals surface area contributed by atoms with Gasteiger partial charge in [0.15, 0.2) is 0 Å². The normalized spacial score (nSPS) is 11.0. The highest BCUT2D eigenvalue weighted by molar-refractivity contribution is 7.11. The van der Waals surface area contributed by atoms with Crippen molar-refractivity contribution in [3.8, 4) is 11.1 Å². The van der Waals surface area contributed by atoms with E-state index in [1.807, 2.05) is 11.3 Å². The van der Waals surface area contributed by atoms with Gasteiger partial charge in [-0.1, -0.05) is 80.8 Å². The third-order valence-electron chi connectivity index (χ3n) is 4.58. The van der Waals surface area contributed by atoms with Crippen LogP contribution in [0.1, 0.15) is 53.7 Å². The van der Waals surface area contributed by atoms with Crippen LogP contribution in [0.4, 0.5) is 0 Å². The van der Waals surface area contributed by atoms with Gasteiger partial charge in [-0.3, -0.25) is 0 Å². The Kier molecular flexibility index (Phi) is 6.41. The van der Waals surface area contributed by atoms with Crippen LogP contribution in [-0.4, -0.2) is 4.98 Å². The largest absolute Gasteiger partial charge is 0.246 e. The molecule has 2 aromatic carbocycles. The zero-order valence-corrected chi connectivity index (χ0v) is 16.1. The van der Waals surface area contributed by atoms with Crippen LogP contribution >= 0.6 is 11.3 Å². The summed E-state index contributed by atoms with van der Waals surface area (Å²) < 4.78 is 0. The Labute approximate surface area is 155 Å². The van der Waals surface area contributed by atoms with E-state index < -0.39 is 0 Å². The summed E-state index contributed by atoms with van der Waals surface area (Å²) in [5.41, 5.74) is 5.26. The van der Waals surface area contributed by atoms with E-state index >= 15 is 0 Å². The maximum absolute atomic E-state index is 4.79. The Morgan fingerprint density at radius 3 is 2.28 bits per heavy atom. The number of hydrogen-bond donors (Lipinski definition) is 0. The number of unbranched alkanes of at least 4 members (excludes halogenated alkanes) is 3. The second-order valence-electron chi connectivity index (χ2n) is 6.65. The lowest BCUT2D eigenvalue weighted by molar-refractivity contribution is 0.660. The molecule has 3 rings (SSSR count). The highest BCUT2D eigenvalue weighted by atomic mass is 32.1. The van der Waals surface area contributed by atoms with Gasteiger partial charge in [-0.25, -0.2) is 4.98 Å². The molecular weight excluding hydrogens is 322 g/mol. The average Bonchev–Trinajstić information content (AvgIpc) is 2.99. The number of rotatable bonds is 8. The molecule has 0 atom stereocenters.